The second-order valence-corrected chi connectivity index (χ2v) is 20.4. The van der Waals surface area contributed by atoms with Crippen LogP contribution in [0, 0.1) is 39.9 Å². The van der Waals surface area contributed by atoms with Gasteiger partial charge in [0.05, 0.1) is 39.7 Å². The molecule has 330 valence electrons. The molecular formula is C41H49F4N7O8S. The molecule has 0 aromatic heterocycles. The van der Waals surface area contributed by atoms with Crippen LogP contribution >= 0.6 is 0 Å². The minimum atomic E-state index is -4.26. The second kappa shape index (κ2) is 15.7. The molecule has 2 bridgehead atoms. The predicted octanol–water partition coefficient (Wildman–Crippen LogP) is 5.39. The summed E-state index contributed by atoms with van der Waals surface area (Å²) in [5.41, 5.74) is -2.65. The molecular weight excluding hydrogens is 827 g/mol. The third kappa shape index (κ3) is 8.58. The fourth-order valence-electron chi connectivity index (χ4n) is 8.30. The molecule has 3 aliphatic heterocycles. The molecule has 1 aromatic rings. The van der Waals surface area contributed by atoms with Gasteiger partial charge in [0.2, 0.25) is 34.2 Å². The van der Waals surface area contributed by atoms with Crippen LogP contribution in [0.4, 0.5) is 33.7 Å². The first-order valence-electron chi connectivity index (χ1n) is 20.4. The molecule has 7 rings (SSSR count). The van der Waals surface area contributed by atoms with E-state index in [1.54, 1.807) is 27.7 Å². The normalized spacial score (nSPS) is 32.9. The van der Waals surface area contributed by atoms with E-state index in [1.165, 1.54) is 31.2 Å². The molecule has 9 atom stereocenters. The minimum Gasteiger partial charge on any atom is -0.473 e. The Morgan fingerprint density at radius 1 is 1.16 bits per heavy atom. The quantitative estimate of drug-likeness (QED) is 0.181. The zero-order valence-electron chi connectivity index (χ0n) is 34.3. The molecule has 0 spiro atoms. The van der Waals surface area contributed by atoms with Crippen LogP contribution in [0.25, 0.3) is 0 Å². The van der Waals surface area contributed by atoms with Gasteiger partial charge >= 0.3 is 6.09 Å². The van der Waals surface area contributed by atoms with Gasteiger partial charge in [-0.2, -0.15) is 14.0 Å². The lowest BCUT2D eigenvalue weighted by molar-refractivity contribution is -0.141. The number of anilines is 1. The Morgan fingerprint density at radius 3 is 2.51 bits per heavy atom. The van der Waals surface area contributed by atoms with Crippen LogP contribution in [0.15, 0.2) is 40.3 Å². The number of aliphatic imine (C=N–C) groups is 2. The van der Waals surface area contributed by atoms with Crippen LogP contribution < -0.4 is 15.4 Å². The molecule has 4 fully saturated rings. The van der Waals surface area contributed by atoms with E-state index >= 15 is 8.78 Å². The highest BCUT2D eigenvalue weighted by Crippen LogP contribution is 2.55. The molecule has 3 aliphatic carbocycles. The number of benzene rings is 1. The number of hydrogen-bond acceptors (Lipinski definition) is 11. The lowest BCUT2D eigenvalue weighted by Gasteiger charge is -2.35. The van der Waals surface area contributed by atoms with E-state index in [1.807, 2.05) is 10.8 Å². The summed E-state index contributed by atoms with van der Waals surface area (Å²) in [6.45, 7) is 7.65. The van der Waals surface area contributed by atoms with Crippen LogP contribution in [-0.2, 0) is 33.9 Å². The summed E-state index contributed by atoms with van der Waals surface area (Å²) in [4.78, 5) is 65.4. The molecule has 3 heterocycles. The van der Waals surface area contributed by atoms with Crippen molar-refractivity contribution >= 4 is 57.3 Å². The van der Waals surface area contributed by atoms with Crippen LogP contribution in [0.1, 0.15) is 85.1 Å². The van der Waals surface area contributed by atoms with Crippen LogP contribution in [-0.4, -0.2) is 103 Å². The molecule has 6 aliphatic rings. The molecule has 20 heteroatoms. The van der Waals surface area contributed by atoms with Gasteiger partial charge in [-0.25, -0.2) is 32.0 Å². The largest absolute Gasteiger partial charge is 0.473 e. The van der Waals surface area contributed by atoms with Gasteiger partial charge in [-0.3, -0.25) is 19.1 Å². The number of nitrogens with one attached hydrogen (secondary N) is 3. The van der Waals surface area contributed by atoms with E-state index in [4.69, 9.17) is 9.47 Å². The summed E-state index contributed by atoms with van der Waals surface area (Å²) in [6.07, 6.45) is -1.71. The van der Waals surface area contributed by atoms with E-state index in [0.717, 1.165) is 11.0 Å². The van der Waals surface area contributed by atoms with Gasteiger partial charge in [0.25, 0.3) is 11.8 Å². The lowest BCUT2D eigenvalue weighted by Crippen LogP contribution is -2.57. The third-order valence-corrected chi connectivity index (χ3v) is 14.9. The predicted molar refractivity (Wildman–Crippen MR) is 213 cm³/mol. The molecule has 1 aromatic carbocycles. The number of carbonyl (C=O) groups is 4. The van der Waals surface area contributed by atoms with Crippen molar-refractivity contribution in [3.8, 4) is 6.07 Å². The summed E-state index contributed by atoms with van der Waals surface area (Å²) in [5, 5.41) is 15.0. The molecule has 4 amide bonds. The summed E-state index contributed by atoms with van der Waals surface area (Å²) in [7, 11) is -4.26. The number of amides is 4. The highest BCUT2D eigenvalue weighted by atomic mass is 32.2. The topological polar surface area (TPSA) is 209 Å². The van der Waals surface area contributed by atoms with Crippen LogP contribution in [0.2, 0.25) is 0 Å². The van der Waals surface area contributed by atoms with Gasteiger partial charge in [0.15, 0.2) is 6.04 Å². The highest BCUT2D eigenvalue weighted by molar-refractivity contribution is 7.91. The first-order valence-corrected chi connectivity index (χ1v) is 21.9. The number of allylic oxidation sites excluding steroid dienone is 1. The summed E-state index contributed by atoms with van der Waals surface area (Å²) in [6, 6.07) is 1.49. The number of hydrogen-bond donors (Lipinski definition) is 3. The van der Waals surface area contributed by atoms with Gasteiger partial charge in [0.1, 0.15) is 24.3 Å². The van der Waals surface area contributed by atoms with Crippen molar-refractivity contribution < 1.29 is 54.6 Å². The fraction of sp³-hybridized carbons (Fsp3) is 0.634. The van der Waals surface area contributed by atoms with E-state index in [9.17, 15) is 41.6 Å². The van der Waals surface area contributed by atoms with Crippen LogP contribution in [0.5, 0.6) is 0 Å². The van der Waals surface area contributed by atoms with E-state index in [2.05, 4.69) is 20.6 Å². The van der Waals surface area contributed by atoms with E-state index in [-0.39, 0.29) is 48.5 Å². The molecule has 3 N–H and O–H groups in total. The van der Waals surface area contributed by atoms with Gasteiger partial charge in [-0.15, -0.1) is 0 Å². The Balaban J connectivity index is 1.28. The SMILES string of the molecule is CCC1C2CN(C(=O)C(C(C)(C)C)NC(=O)OC3CC3CCC=CC(F)(F)C3Nc4ccc(C#N)cc4N=C3O2)C1C(=O)N=CC1(C(=O)NS(=O)(=O)C2(C)CC2)CC1C(F)F. The first kappa shape index (κ1) is 44.0. The maximum Gasteiger partial charge on any atom is 0.408 e. The van der Waals surface area contributed by atoms with Crippen molar-refractivity contribution in [2.24, 2.45) is 38.6 Å². The number of rotatable bonds is 7. The number of sulfonamides is 1. The number of halogens is 4. The number of alkyl halides is 4. The van der Waals surface area contributed by atoms with Gasteiger partial charge in [-0.05, 0) is 87.5 Å². The Kier molecular flexibility index (Phi) is 11.3. The Hall–Kier alpha value is -5.06. The van der Waals surface area contributed by atoms with Crippen molar-refractivity contribution in [1.82, 2.24) is 14.9 Å². The molecule has 1 saturated heterocycles. The second-order valence-electron chi connectivity index (χ2n) is 18.2. The maximum atomic E-state index is 16.3. The number of alkyl carbamates (subject to hydrolysis) is 1. The van der Waals surface area contributed by atoms with Crippen molar-refractivity contribution in [3.05, 3.63) is 35.9 Å². The van der Waals surface area contributed by atoms with Crippen molar-refractivity contribution in [3.63, 3.8) is 0 Å². The molecule has 15 nitrogen and oxygen atoms in total. The number of carbonyl (C=O) groups excluding carboxylic acids is 4. The smallest absolute Gasteiger partial charge is 0.408 e. The minimum absolute atomic E-state index is 0.0675. The number of ether oxygens (including phenoxy) is 2. The number of fused-ring (bicyclic) bond motifs is 5. The zero-order valence-corrected chi connectivity index (χ0v) is 35.1. The Bertz CT molecular complexity index is 2240. The van der Waals surface area contributed by atoms with E-state index in [0.29, 0.717) is 19.1 Å². The van der Waals surface area contributed by atoms with Crippen molar-refractivity contribution in [2.45, 2.75) is 127 Å². The lowest BCUT2D eigenvalue weighted by atomic mass is 9.85. The van der Waals surface area contributed by atoms with E-state index < -0.39 is 123 Å². The fourth-order valence-corrected chi connectivity index (χ4v) is 9.62. The highest BCUT2D eigenvalue weighted by Gasteiger charge is 2.65. The first-order chi connectivity index (χ1) is 28.5. The van der Waals surface area contributed by atoms with Crippen LogP contribution in [0.3, 0.4) is 0 Å². The Morgan fingerprint density at radius 2 is 1.89 bits per heavy atom. The monoisotopic (exact) mass is 875 g/mol. The molecule has 9 unspecified atom stereocenters. The number of nitrogens with zero attached hydrogens (tertiary/aromatic N) is 4. The summed E-state index contributed by atoms with van der Waals surface area (Å²) in [5.74, 6) is -10.0. The third-order valence-electron chi connectivity index (χ3n) is 12.7. The number of nitriles is 1. The summed E-state index contributed by atoms with van der Waals surface area (Å²) < 4.78 is 99.4. The maximum absolute atomic E-state index is 16.3. The molecule has 61 heavy (non-hydrogen) atoms. The zero-order chi connectivity index (χ0) is 44.4. The van der Waals surface area contributed by atoms with Crippen molar-refractivity contribution in [1.29, 1.82) is 5.26 Å². The molecule has 3 saturated carbocycles. The van der Waals surface area contributed by atoms with Gasteiger partial charge in [-0.1, -0.05) is 33.8 Å². The Labute approximate surface area is 350 Å². The average Bonchev–Trinajstić information content (AvgIpc) is 4.14. The standard InChI is InChI=1S/C41H49F4N7O8S/c1-6-23-28-19-52(29(23)33(53)47-20-40(17-24(40)32(42)43)36(55)51-61(57,58)39(5)13-14-39)35(54)31(38(2,3)4)50-37(56)60-27-16-22(27)9-7-8-12-41(44,45)30-34(59-28)49-26-15-21(18-46)10-11-25(26)48-30/h8,10-12,15,20,22-24,27-32,48H,6-7,9,13-14,16-17,19H2,1-5H3,(H,50,56)(H,51,55). The van der Waals surface area contributed by atoms with Crippen molar-refractivity contribution in [2.75, 3.05) is 11.9 Å². The van der Waals surface area contributed by atoms with Gasteiger partial charge < -0.3 is 25.0 Å². The molecule has 0 radical (unpaired) electrons. The summed E-state index contributed by atoms with van der Waals surface area (Å²) >= 11 is 0. The average molecular weight is 876 g/mol. The van der Waals surface area contributed by atoms with Gasteiger partial charge in [0, 0.05) is 18.1 Å².